The van der Waals surface area contributed by atoms with E-state index in [2.05, 4.69) is 39.0 Å². The third-order valence-electron chi connectivity index (χ3n) is 3.75. The van der Waals surface area contributed by atoms with Gasteiger partial charge in [-0.05, 0) is 53.9 Å². The number of rotatable bonds is 3. The highest BCUT2D eigenvalue weighted by atomic mass is 79.9. The van der Waals surface area contributed by atoms with Crippen LogP contribution in [0.4, 0.5) is 5.69 Å². The molecule has 0 spiro atoms. The number of nitrogens with two attached hydrogens (primary N) is 1. The topological polar surface area (TPSA) is 49.5 Å². The van der Waals surface area contributed by atoms with Crippen LogP contribution in [0, 0.1) is 5.92 Å². The Morgan fingerprint density at radius 3 is 2.67 bits per heavy atom. The third kappa shape index (κ3) is 2.87. The molecule has 0 bridgehead atoms. The highest BCUT2D eigenvalue weighted by molar-refractivity contribution is 9.10. The zero-order valence-corrected chi connectivity index (χ0v) is 12.5. The number of benzene rings is 1. The van der Waals surface area contributed by atoms with Crippen LogP contribution in [0.3, 0.4) is 0 Å². The zero-order valence-electron chi connectivity index (χ0n) is 10.9. The van der Waals surface area contributed by atoms with Crippen molar-refractivity contribution in [1.29, 1.82) is 0 Å². The van der Waals surface area contributed by atoms with Gasteiger partial charge < -0.3 is 15.7 Å². The Morgan fingerprint density at radius 2 is 2.17 bits per heavy atom. The molecule has 0 saturated carbocycles. The van der Waals surface area contributed by atoms with E-state index in [1.54, 1.807) is 0 Å². The van der Waals surface area contributed by atoms with Gasteiger partial charge in [-0.15, -0.1) is 0 Å². The van der Waals surface area contributed by atoms with Crippen LogP contribution in [0.1, 0.15) is 31.9 Å². The summed E-state index contributed by atoms with van der Waals surface area (Å²) in [5.41, 5.74) is 8.21. The van der Waals surface area contributed by atoms with Gasteiger partial charge in [0.15, 0.2) is 0 Å². The summed E-state index contributed by atoms with van der Waals surface area (Å²) in [7, 11) is 0. The predicted octanol–water partition coefficient (Wildman–Crippen LogP) is 2.68. The van der Waals surface area contributed by atoms with Crippen molar-refractivity contribution in [3.05, 3.63) is 28.2 Å². The Bertz CT molecular complexity index is 420. The minimum atomic E-state index is -0.225. The number of halogens is 1. The van der Waals surface area contributed by atoms with Crippen molar-refractivity contribution in [2.75, 3.05) is 18.0 Å². The zero-order chi connectivity index (χ0) is 13.3. The molecule has 100 valence electrons. The van der Waals surface area contributed by atoms with Gasteiger partial charge in [-0.1, -0.05) is 6.07 Å². The molecule has 3 nitrogen and oxygen atoms in total. The largest absolute Gasteiger partial charge is 0.393 e. The highest BCUT2D eigenvalue weighted by Gasteiger charge is 2.27. The molecule has 18 heavy (non-hydrogen) atoms. The molecule has 1 aromatic rings. The van der Waals surface area contributed by atoms with Gasteiger partial charge in [0.25, 0.3) is 0 Å². The number of hydrogen-bond acceptors (Lipinski definition) is 3. The summed E-state index contributed by atoms with van der Waals surface area (Å²) >= 11 is 3.62. The molecule has 1 fully saturated rings. The van der Waals surface area contributed by atoms with Gasteiger partial charge >= 0.3 is 0 Å². The molecule has 1 aliphatic heterocycles. The SMILES string of the molecule is CC(N)c1ccc(N2CCC(C(C)O)C2)c(Br)c1. The van der Waals surface area contributed by atoms with E-state index in [4.69, 9.17) is 5.73 Å². The molecule has 2 rings (SSSR count). The van der Waals surface area contributed by atoms with E-state index in [0.29, 0.717) is 5.92 Å². The second-order valence-electron chi connectivity index (χ2n) is 5.23. The predicted molar refractivity (Wildman–Crippen MR) is 78.7 cm³/mol. The quantitative estimate of drug-likeness (QED) is 0.902. The van der Waals surface area contributed by atoms with E-state index in [-0.39, 0.29) is 12.1 Å². The van der Waals surface area contributed by atoms with Crippen LogP contribution >= 0.6 is 15.9 Å². The van der Waals surface area contributed by atoms with E-state index in [1.807, 2.05) is 13.8 Å². The molecule has 3 N–H and O–H groups in total. The van der Waals surface area contributed by atoms with Crippen LogP contribution < -0.4 is 10.6 Å². The van der Waals surface area contributed by atoms with Crippen LogP contribution in [0.25, 0.3) is 0 Å². The lowest BCUT2D eigenvalue weighted by atomic mass is 10.0. The number of hydrogen-bond donors (Lipinski definition) is 2. The Morgan fingerprint density at radius 1 is 1.44 bits per heavy atom. The monoisotopic (exact) mass is 312 g/mol. The van der Waals surface area contributed by atoms with Crippen molar-refractivity contribution in [1.82, 2.24) is 0 Å². The van der Waals surface area contributed by atoms with E-state index in [1.165, 1.54) is 5.69 Å². The molecule has 1 aliphatic rings. The summed E-state index contributed by atoms with van der Waals surface area (Å²) in [6, 6.07) is 6.35. The molecule has 1 saturated heterocycles. The summed E-state index contributed by atoms with van der Waals surface area (Å²) in [6.45, 7) is 5.79. The van der Waals surface area contributed by atoms with Gasteiger partial charge in [0.05, 0.1) is 11.8 Å². The molecular formula is C14H21BrN2O. The first-order valence-electron chi connectivity index (χ1n) is 6.47. The number of nitrogens with zero attached hydrogens (tertiary/aromatic N) is 1. The van der Waals surface area contributed by atoms with Crippen molar-refractivity contribution >= 4 is 21.6 Å². The standard InChI is InChI=1S/C14H21BrN2O/c1-9(16)11-3-4-14(13(15)7-11)17-6-5-12(8-17)10(2)18/h3-4,7,9-10,12,18H,5-6,8,16H2,1-2H3. The second kappa shape index (κ2) is 5.59. The summed E-state index contributed by atoms with van der Waals surface area (Å²) < 4.78 is 1.09. The van der Waals surface area contributed by atoms with E-state index < -0.39 is 0 Å². The van der Waals surface area contributed by atoms with Crippen LogP contribution in [0.15, 0.2) is 22.7 Å². The highest BCUT2D eigenvalue weighted by Crippen LogP contribution is 2.33. The minimum Gasteiger partial charge on any atom is -0.393 e. The number of aliphatic hydroxyl groups excluding tert-OH is 1. The third-order valence-corrected chi connectivity index (χ3v) is 4.38. The summed E-state index contributed by atoms with van der Waals surface area (Å²) in [6.07, 6.45) is 0.830. The van der Waals surface area contributed by atoms with E-state index in [0.717, 1.165) is 29.5 Å². The van der Waals surface area contributed by atoms with E-state index >= 15 is 0 Å². The van der Waals surface area contributed by atoms with Gasteiger partial charge in [-0.2, -0.15) is 0 Å². The van der Waals surface area contributed by atoms with Gasteiger partial charge in [0, 0.05) is 29.5 Å². The van der Waals surface area contributed by atoms with Gasteiger partial charge in [0.1, 0.15) is 0 Å². The Balaban J connectivity index is 2.15. The molecule has 3 atom stereocenters. The van der Waals surface area contributed by atoms with Crippen molar-refractivity contribution in [2.45, 2.75) is 32.4 Å². The van der Waals surface area contributed by atoms with Crippen LogP contribution in [0.5, 0.6) is 0 Å². The molecule has 0 aromatic heterocycles. The van der Waals surface area contributed by atoms with E-state index in [9.17, 15) is 5.11 Å². The fraction of sp³-hybridized carbons (Fsp3) is 0.571. The second-order valence-corrected chi connectivity index (χ2v) is 6.09. The summed E-state index contributed by atoms with van der Waals surface area (Å²) in [5.74, 6) is 0.380. The van der Waals surface area contributed by atoms with Crippen molar-refractivity contribution in [2.24, 2.45) is 11.7 Å². The summed E-state index contributed by atoms with van der Waals surface area (Å²) in [4.78, 5) is 2.33. The number of anilines is 1. The molecule has 4 heteroatoms. The maximum absolute atomic E-state index is 9.65. The molecular weight excluding hydrogens is 292 g/mol. The summed E-state index contributed by atoms with van der Waals surface area (Å²) in [5, 5.41) is 9.65. The fourth-order valence-corrected chi connectivity index (χ4v) is 3.11. The average Bonchev–Trinajstić information content (AvgIpc) is 2.78. The van der Waals surface area contributed by atoms with Crippen LogP contribution in [-0.2, 0) is 0 Å². The molecule has 1 heterocycles. The molecule has 0 radical (unpaired) electrons. The maximum atomic E-state index is 9.65. The fourth-order valence-electron chi connectivity index (χ4n) is 2.46. The molecule has 0 aliphatic carbocycles. The number of aliphatic hydroxyl groups is 1. The Labute approximate surface area is 117 Å². The lowest BCUT2D eigenvalue weighted by Crippen LogP contribution is -2.24. The van der Waals surface area contributed by atoms with Crippen LogP contribution in [-0.4, -0.2) is 24.3 Å². The first-order chi connectivity index (χ1) is 8.49. The molecule has 3 unspecified atom stereocenters. The van der Waals surface area contributed by atoms with Crippen LogP contribution in [0.2, 0.25) is 0 Å². The Hall–Kier alpha value is -0.580. The average molecular weight is 313 g/mol. The molecule has 1 aromatic carbocycles. The van der Waals surface area contributed by atoms with Gasteiger partial charge in [-0.25, -0.2) is 0 Å². The minimum absolute atomic E-state index is 0.0548. The molecule has 0 amide bonds. The van der Waals surface area contributed by atoms with Crippen molar-refractivity contribution < 1.29 is 5.11 Å². The van der Waals surface area contributed by atoms with Gasteiger partial charge in [-0.3, -0.25) is 0 Å². The van der Waals surface area contributed by atoms with Crippen molar-refractivity contribution in [3.8, 4) is 0 Å². The lowest BCUT2D eigenvalue weighted by molar-refractivity contribution is 0.136. The lowest BCUT2D eigenvalue weighted by Gasteiger charge is -2.22. The Kier molecular flexibility index (Phi) is 4.30. The van der Waals surface area contributed by atoms with Gasteiger partial charge in [0.2, 0.25) is 0 Å². The maximum Gasteiger partial charge on any atom is 0.0557 e. The first kappa shape index (κ1) is 13.8. The first-order valence-corrected chi connectivity index (χ1v) is 7.26. The smallest absolute Gasteiger partial charge is 0.0557 e. The van der Waals surface area contributed by atoms with Crippen molar-refractivity contribution in [3.63, 3.8) is 0 Å². The normalized spacial score (nSPS) is 23.2.